The summed E-state index contributed by atoms with van der Waals surface area (Å²) in [6, 6.07) is 5.22. The van der Waals surface area contributed by atoms with Gasteiger partial charge in [0.15, 0.2) is 0 Å². The lowest BCUT2D eigenvalue weighted by molar-refractivity contribution is 0.265. The van der Waals surface area contributed by atoms with Gasteiger partial charge >= 0.3 is 7.12 Å². The van der Waals surface area contributed by atoms with Crippen molar-refractivity contribution in [2.24, 2.45) is 5.73 Å². The fourth-order valence-electron chi connectivity index (χ4n) is 1.59. The highest BCUT2D eigenvalue weighted by Crippen LogP contribution is 2.27. The molecule has 1 aromatic carbocycles. The number of hydrogen-bond donors (Lipinski definition) is 2. The quantitative estimate of drug-likeness (QED) is 0.762. The van der Waals surface area contributed by atoms with Gasteiger partial charge in [0.25, 0.3) is 0 Å². The standard InChI is InChI=1S/C11H12BClN2O3/c1-11(15,5-14)6-17-10-3-8-7(2-9(10)13)4-18-12(8)16/h2-3,16H,4,6,15H2,1H3. The number of fused-ring (bicyclic) bond motifs is 1. The van der Waals surface area contributed by atoms with Crippen molar-refractivity contribution in [2.45, 2.75) is 19.1 Å². The van der Waals surface area contributed by atoms with Gasteiger partial charge in [-0.2, -0.15) is 5.26 Å². The average Bonchev–Trinajstić information content (AvgIpc) is 2.68. The van der Waals surface area contributed by atoms with Gasteiger partial charge in [0, 0.05) is 0 Å². The van der Waals surface area contributed by atoms with Crippen LogP contribution in [0.25, 0.3) is 0 Å². The van der Waals surface area contributed by atoms with Gasteiger partial charge in [0.2, 0.25) is 0 Å². The number of halogens is 1. The van der Waals surface area contributed by atoms with Gasteiger partial charge in [-0.25, -0.2) is 0 Å². The number of rotatable bonds is 3. The van der Waals surface area contributed by atoms with Crippen LogP contribution in [0.2, 0.25) is 5.02 Å². The number of hydrogen-bond acceptors (Lipinski definition) is 5. The normalized spacial score (nSPS) is 16.9. The maximum Gasteiger partial charge on any atom is 0.491 e. The number of ether oxygens (including phenoxy) is 1. The fourth-order valence-corrected chi connectivity index (χ4v) is 1.84. The molecule has 3 N–H and O–H groups in total. The Morgan fingerprint density at radius 2 is 2.44 bits per heavy atom. The molecule has 1 unspecified atom stereocenters. The van der Waals surface area contributed by atoms with E-state index in [0.29, 0.717) is 22.8 Å². The minimum Gasteiger partial charge on any atom is -0.489 e. The molecule has 0 aromatic heterocycles. The lowest BCUT2D eigenvalue weighted by Gasteiger charge is -2.17. The van der Waals surface area contributed by atoms with E-state index in [1.807, 2.05) is 6.07 Å². The molecule has 1 heterocycles. The Kier molecular flexibility index (Phi) is 3.50. The molecule has 0 saturated carbocycles. The molecule has 0 aliphatic carbocycles. The van der Waals surface area contributed by atoms with Crippen LogP contribution in [0.15, 0.2) is 12.1 Å². The summed E-state index contributed by atoms with van der Waals surface area (Å²) in [4.78, 5) is 0. The number of nitrogens with zero attached hydrogens (tertiary/aromatic N) is 1. The molecule has 1 aliphatic heterocycles. The molecule has 0 radical (unpaired) electrons. The lowest BCUT2D eigenvalue weighted by atomic mass is 9.79. The second-order valence-electron chi connectivity index (χ2n) is 4.46. The first-order chi connectivity index (χ1) is 8.43. The van der Waals surface area contributed by atoms with Gasteiger partial charge in [-0.3, -0.25) is 0 Å². The van der Waals surface area contributed by atoms with E-state index in [9.17, 15) is 5.02 Å². The van der Waals surface area contributed by atoms with Crippen molar-refractivity contribution in [3.05, 3.63) is 22.7 Å². The van der Waals surface area contributed by atoms with Crippen LogP contribution in [0.4, 0.5) is 0 Å². The van der Waals surface area contributed by atoms with Crippen molar-refractivity contribution < 1.29 is 14.4 Å². The van der Waals surface area contributed by atoms with E-state index in [0.717, 1.165) is 5.56 Å². The highest BCUT2D eigenvalue weighted by Gasteiger charge is 2.29. The fraction of sp³-hybridized carbons (Fsp3) is 0.364. The van der Waals surface area contributed by atoms with Crippen LogP contribution < -0.4 is 15.9 Å². The highest BCUT2D eigenvalue weighted by molar-refractivity contribution is 6.61. The molecule has 5 nitrogen and oxygen atoms in total. The van der Waals surface area contributed by atoms with E-state index in [-0.39, 0.29) is 6.61 Å². The average molecular weight is 266 g/mol. The van der Waals surface area contributed by atoms with Crippen molar-refractivity contribution in [2.75, 3.05) is 6.61 Å². The van der Waals surface area contributed by atoms with Crippen LogP contribution in [0.1, 0.15) is 12.5 Å². The summed E-state index contributed by atoms with van der Waals surface area (Å²) in [5.74, 6) is 0.381. The Bertz CT molecular complexity index is 516. The molecule has 94 valence electrons. The molecule has 0 fully saturated rings. The molecule has 7 heteroatoms. The number of nitriles is 1. The van der Waals surface area contributed by atoms with Crippen LogP contribution in [-0.4, -0.2) is 24.3 Å². The Hall–Kier alpha value is -1.26. The zero-order chi connectivity index (χ0) is 13.3. The molecule has 1 atom stereocenters. The van der Waals surface area contributed by atoms with Gasteiger partial charge in [-0.05, 0) is 30.1 Å². The molecule has 1 aliphatic rings. The van der Waals surface area contributed by atoms with E-state index in [2.05, 4.69) is 0 Å². The zero-order valence-corrected chi connectivity index (χ0v) is 10.6. The van der Waals surface area contributed by atoms with Gasteiger partial charge in [0.1, 0.15) is 17.9 Å². The summed E-state index contributed by atoms with van der Waals surface area (Å²) < 4.78 is 10.5. The Labute approximate surface area is 110 Å². The van der Waals surface area contributed by atoms with Crippen LogP contribution in [-0.2, 0) is 11.3 Å². The van der Waals surface area contributed by atoms with Gasteiger partial charge in [-0.1, -0.05) is 11.6 Å². The number of benzene rings is 1. The summed E-state index contributed by atoms with van der Waals surface area (Å²) in [5, 5.41) is 18.8. The molecule has 0 bridgehead atoms. The Morgan fingerprint density at radius 3 is 3.11 bits per heavy atom. The van der Waals surface area contributed by atoms with Crippen LogP contribution in [0.3, 0.4) is 0 Å². The smallest absolute Gasteiger partial charge is 0.489 e. The van der Waals surface area contributed by atoms with E-state index >= 15 is 0 Å². The number of nitrogens with two attached hydrogens (primary N) is 1. The second kappa shape index (κ2) is 4.79. The van der Waals surface area contributed by atoms with E-state index in [1.165, 1.54) is 0 Å². The minimum absolute atomic E-state index is 0.0129. The second-order valence-corrected chi connectivity index (χ2v) is 4.87. The third kappa shape index (κ3) is 2.60. The van der Waals surface area contributed by atoms with Crippen molar-refractivity contribution in [1.29, 1.82) is 5.26 Å². The van der Waals surface area contributed by atoms with E-state index < -0.39 is 12.7 Å². The summed E-state index contributed by atoms with van der Waals surface area (Å²) in [6.45, 7) is 1.90. The first-order valence-corrected chi connectivity index (χ1v) is 5.76. The predicted molar refractivity (Wildman–Crippen MR) is 67.5 cm³/mol. The largest absolute Gasteiger partial charge is 0.491 e. The molecule has 18 heavy (non-hydrogen) atoms. The molecule has 2 rings (SSSR count). The first-order valence-electron chi connectivity index (χ1n) is 5.38. The molecule has 0 amide bonds. The predicted octanol–water partition coefficient (Wildman–Crippen LogP) is 0.177. The van der Waals surface area contributed by atoms with Crippen LogP contribution >= 0.6 is 11.6 Å². The van der Waals surface area contributed by atoms with Gasteiger partial charge in [-0.15, -0.1) is 0 Å². The third-order valence-electron chi connectivity index (χ3n) is 2.64. The minimum atomic E-state index is -1.09. The maximum atomic E-state index is 9.57. The topological polar surface area (TPSA) is 88.5 Å². The summed E-state index contributed by atoms with van der Waals surface area (Å²) >= 11 is 6.04. The molecular weight excluding hydrogens is 254 g/mol. The monoisotopic (exact) mass is 266 g/mol. The lowest BCUT2D eigenvalue weighted by Crippen LogP contribution is -2.40. The molecule has 1 aromatic rings. The summed E-state index contributed by atoms with van der Waals surface area (Å²) in [7, 11) is -0.958. The van der Waals surface area contributed by atoms with Crippen LogP contribution in [0.5, 0.6) is 5.75 Å². The van der Waals surface area contributed by atoms with Gasteiger partial charge < -0.3 is 20.1 Å². The first kappa shape index (κ1) is 13.2. The molecule has 0 spiro atoms. The highest BCUT2D eigenvalue weighted by atomic mass is 35.5. The van der Waals surface area contributed by atoms with Crippen molar-refractivity contribution in [1.82, 2.24) is 0 Å². The van der Waals surface area contributed by atoms with Crippen molar-refractivity contribution in [3.8, 4) is 11.8 Å². The summed E-state index contributed by atoms with van der Waals surface area (Å²) in [6.07, 6.45) is 0. The third-order valence-corrected chi connectivity index (χ3v) is 2.93. The zero-order valence-electron chi connectivity index (χ0n) is 9.81. The van der Waals surface area contributed by atoms with E-state index in [1.54, 1.807) is 19.1 Å². The van der Waals surface area contributed by atoms with Gasteiger partial charge in [0.05, 0.1) is 17.7 Å². The maximum absolute atomic E-state index is 9.57. The molecule has 0 saturated heterocycles. The van der Waals surface area contributed by atoms with Crippen molar-refractivity contribution >= 4 is 24.2 Å². The Morgan fingerprint density at radius 1 is 1.72 bits per heavy atom. The molecular formula is C11H12BClN2O3. The van der Waals surface area contributed by atoms with Crippen molar-refractivity contribution in [3.63, 3.8) is 0 Å². The Balaban J connectivity index is 2.20. The summed E-state index contributed by atoms with van der Waals surface area (Å²) in [5.41, 5.74) is 6.02. The SMILES string of the molecule is CC(N)(C#N)COc1cc2c(cc1Cl)COB2O. The van der Waals surface area contributed by atoms with E-state index in [4.69, 9.17) is 32.0 Å². The van der Waals surface area contributed by atoms with Crippen LogP contribution in [0, 0.1) is 11.3 Å².